The molecule has 0 atom stereocenters. The number of esters is 1. The van der Waals surface area contributed by atoms with Crippen molar-refractivity contribution < 1.29 is 23.1 Å². The number of rotatable bonds is 7. The third kappa shape index (κ3) is 4.66. The van der Waals surface area contributed by atoms with Crippen LogP contribution in [0.1, 0.15) is 22.5 Å². The number of Topliss-reactive ketones (excluding diaryl/α,β-unsaturated/α-hetero) is 1. The van der Waals surface area contributed by atoms with Crippen LogP contribution in [-0.4, -0.2) is 18.4 Å². The highest BCUT2D eigenvalue weighted by Gasteiger charge is 2.12. The number of ether oxygens (including phenoxy) is 1. The predicted octanol–water partition coefficient (Wildman–Crippen LogP) is 4.44. The first kappa shape index (κ1) is 17.6. The Labute approximate surface area is 150 Å². The molecule has 0 unspecified atom stereocenters. The van der Waals surface area contributed by atoms with Gasteiger partial charge < -0.3 is 9.15 Å². The van der Waals surface area contributed by atoms with Gasteiger partial charge in [0.1, 0.15) is 17.3 Å². The molecular formula is C21H17FO4. The fourth-order valence-corrected chi connectivity index (χ4v) is 2.46. The topological polar surface area (TPSA) is 56.5 Å². The molecule has 0 saturated heterocycles. The summed E-state index contributed by atoms with van der Waals surface area (Å²) >= 11 is 0. The maximum atomic E-state index is 13.1. The van der Waals surface area contributed by atoms with E-state index in [2.05, 4.69) is 0 Å². The molecule has 0 N–H and O–H groups in total. The lowest BCUT2D eigenvalue weighted by Gasteiger charge is -2.04. The third-order valence-electron chi connectivity index (χ3n) is 3.81. The van der Waals surface area contributed by atoms with E-state index in [4.69, 9.17) is 9.15 Å². The summed E-state index contributed by atoms with van der Waals surface area (Å²) in [5.74, 6) is -0.0589. The molecule has 2 aromatic carbocycles. The molecule has 1 aromatic heterocycles. The maximum Gasteiger partial charge on any atom is 0.306 e. The molecular weight excluding hydrogens is 335 g/mol. The molecule has 0 fully saturated rings. The molecule has 0 aliphatic carbocycles. The first-order valence-corrected chi connectivity index (χ1v) is 8.20. The van der Waals surface area contributed by atoms with Gasteiger partial charge in [-0.1, -0.05) is 42.5 Å². The standard InChI is InChI=1S/C21H17FO4/c22-17-8-4-7-16(13-17)19(23)14-25-21(24)12-10-18-9-11-20(26-18)15-5-2-1-3-6-15/h1-9,11,13H,10,12,14H2. The van der Waals surface area contributed by atoms with Gasteiger partial charge in [0, 0.05) is 17.5 Å². The highest BCUT2D eigenvalue weighted by atomic mass is 19.1. The second-order valence-corrected chi connectivity index (χ2v) is 5.73. The Bertz CT molecular complexity index is 899. The number of carbonyl (C=O) groups is 2. The van der Waals surface area contributed by atoms with E-state index < -0.39 is 24.2 Å². The maximum absolute atomic E-state index is 13.1. The lowest BCUT2D eigenvalue weighted by Crippen LogP contribution is -2.14. The second kappa shape index (κ2) is 8.25. The molecule has 0 saturated carbocycles. The Morgan fingerprint density at radius 2 is 1.77 bits per heavy atom. The fourth-order valence-electron chi connectivity index (χ4n) is 2.46. The molecule has 0 amide bonds. The van der Waals surface area contributed by atoms with Crippen molar-refractivity contribution in [2.45, 2.75) is 12.8 Å². The van der Waals surface area contributed by atoms with Crippen LogP contribution < -0.4 is 0 Å². The van der Waals surface area contributed by atoms with Gasteiger partial charge in [-0.05, 0) is 24.3 Å². The van der Waals surface area contributed by atoms with Crippen LogP contribution in [0.4, 0.5) is 4.39 Å². The summed E-state index contributed by atoms with van der Waals surface area (Å²) in [6.45, 7) is -0.407. The average molecular weight is 352 g/mol. The fraction of sp³-hybridized carbons (Fsp3) is 0.143. The molecule has 3 rings (SSSR count). The number of furan rings is 1. The van der Waals surface area contributed by atoms with Gasteiger partial charge in [-0.2, -0.15) is 0 Å². The summed E-state index contributed by atoms with van der Waals surface area (Å²) in [7, 11) is 0. The highest BCUT2D eigenvalue weighted by Crippen LogP contribution is 2.22. The van der Waals surface area contributed by atoms with Gasteiger partial charge in [0.25, 0.3) is 0 Å². The summed E-state index contributed by atoms with van der Waals surface area (Å²) in [6, 6.07) is 18.6. The van der Waals surface area contributed by atoms with Crippen molar-refractivity contribution in [1.82, 2.24) is 0 Å². The number of benzene rings is 2. The molecule has 3 aromatic rings. The largest absolute Gasteiger partial charge is 0.461 e. The van der Waals surface area contributed by atoms with Gasteiger partial charge >= 0.3 is 5.97 Å². The molecule has 5 heteroatoms. The smallest absolute Gasteiger partial charge is 0.306 e. The van der Waals surface area contributed by atoms with E-state index in [1.54, 1.807) is 0 Å². The van der Waals surface area contributed by atoms with Crippen LogP contribution in [0.3, 0.4) is 0 Å². The summed E-state index contributed by atoms with van der Waals surface area (Å²) in [5, 5.41) is 0. The van der Waals surface area contributed by atoms with Gasteiger partial charge in [-0.25, -0.2) is 4.39 Å². The Hall–Kier alpha value is -3.21. The molecule has 0 aliphatic rings. The number of ketones is 1. The van der Waals surface area contributed by atoms with Gasteiger partial charge in [0.05, 0.1) is 6.42 Å². The lowest BCUT2D eigenvalue weighted by molar-refractivity contribution is -0.142. The normalized spacial score (nSPS) is 10.5. The Morgan fingerprint density at radius 1 is 0.962 bits per heavy atom. The molecule has 26 heavy (non-hydrogen) atoms. The van der Waals surface area contributed by atoms with Crippen molar-refractivity contribution in [1.29, 1.82) is 0 Å². The van der Waals surface area contributed by atoms with E-state index in [1.165, 1.54) is 18.2 Å². The van der Waals surface area contributed by atoms with Crippen molar-refractivity contribution in [2.75, 3.05) is 6.61 Å². The van der Waals surface area contributed by atoms with E-state index in [0.717, 1.165) is 17.4 Å². The van der Waals surface area contributed by atoms with Crippen LogP contribution in [0.5, 0.6) is 0 Å². The minimum Gasteiger partial charge on any atom is -0.461 e. The minimum atomic E-state index is -0.507. The molecule has 0 radical (unpaired) electrons. The zero-order valence-electron chi connectivity index (χ0n) is 14.0. The number of halogens is 1. The van der Waals surface area contributed by atoms with Crippen LogP contribution in [0.25, 0.3) is 11.3 Å². The summed E-state index contributed by atoms with van der Waals surface area (Å²) in [4.78, 5) is 23.7. The predicted molar refractivity (Wildman–Crippen MR) is 94.2 cm³/mol. The van der Waals surface area contributed by atoms with E-state index in [9.17, 15) is 14.0 Å². The van der Waals surface area contributed by atoms with Crippen molar-refractivity contribution in [3.05, 3.63) is 83.9 Å². The van der Waals surface area contributed by atoms with E-state index in [-0.39, 0.29) is 12.0 Å². The number of hydrogen-bond acceptors (Lipinski definition) is 4. The summed E-state index contributed by atoms with van der Waals surface area (Å²) < 4.78 is 23.8. The third-order valence-corrected chi connectivity index (χ3v) is 3.81. The van der Waals surface area contributed by atoms with Crippen molar-refractivity contribution in [3.63, 3.8) is 0 Å². The minimum absolute atomic E-state index is 0.0954. The number of carbonyl (C=O) groups excluding carboxylic acids is 2. The SMILES string of the molecule is O=C(CCc1ccc(-c2ccccc2)o1)OCC(=O)c1cccc(F)c1. The quantitative estimate of drug-likeness (QED) is 0.466. The first-order chi connectivity index (χ1) is 12.6. The van der Waals surface area contributed by atoms with Crippen LogP contribution >= 0.6 is 0 Å². The Balaban J connectivity index is 1.47. The Kier molecular flexibility index (Phi) is 5.59. The molecule has 4 nitrogen and oxygen atoms in total. The molecule has 0 aliphatic heterocycles. The zero-order chi connectivity index (χ0) is 18.4. The van der Waals surface area contributed by atoms with Crippen molar-refractivity contribution >= 4 is 11.8 Å². The van der Waals surface area contributed by atoms with Gasteiger partial charge in [-0.3, -0.25) is 9.59 Å². The van der Waals surface area contributed by atoms with E-state index in [0.29, 0.717) is 12.2 Å². The van der Waals surface area contributed by atoms with Gasteiger partial charge in [0.2, 0.25) is 0 Å². The van der Waals surface area contributed by atoms with Crippen LogP contribution in [0.15, 0.2) is 71.1 Å². The zero-order valence-corrected chi connectivity index (χ0v) is 14.0. The number of hydrogen-bond donors (Lipinski definition) is 0. The van der Waals surface area contributed by atoms with Crippen molar-refractivity contribution in [2.24, 2.45) is 0 Å². The lowest BCUT2D eigenvalue weighted by atomic mass is 10.1. The van der Waals surface area contributed by atoms with Gasteiger partial charge in [-0.15, -0.1) is 0 Å². The average Bonchev–Trinajstić information content (AvgIpc) is 3.14. The van der Waals surface area contributed by atoms with Gasteiger partial charge in [0.15, 0.2) is 12.4 Å². The van der Waals surface area contributed by atoms with E-state index in [1.807, 2.05) is 42.5 Å². The molecule has 0 spiro atoms. The molecule has 1 heterocycles. The van der Waals surface area contributed by atoms with Crippen LogP contribution in [0, 0.1) is 5.82 Å². The Morgan fingerprint density at radius 3 is 2.54 bits per heavy atom. The first-order valence-electron chi connectivity index (χ1n) is 8.20. The highest BCUT2D eigenvalue weighted by molar-refractivity contribution is 5.97. The molecule has 132 valence electrons. The van der Waals surface area contributed by atoms with Crippen LogP contribution in [0.2, 0.25) is 0 Å². The second-order valence-electron chi connectivity index (χ2n) is 5.73. The summed E-state index contributed by atoms with van der Waals surface area (Å²) in [6.07, 6.45) is 0.470. The number of aryl methyl sites for hydroxylation is 1. The summed E-state index contributed by atoms with van der Waals surface area (Å²) in [5.41, 5.74) is 1.14. The van der Waals surface area contributed by atoms with Crippen molar-refractivity contribution in [3.8, 4) is 11.3 Å². The monoisotopic (exact) mass is 352 g/mol. The van der Waals surface area contributed by atoms with Crippen LogP contribution in [-0.2, 0) is 16.0 Å². The van der Waals surface area contributed by atoms with E-state index >= 15 is 0 Å². The molecule has 0 bridgehead atoms.